The third-order valence-corrected chi connectivity index (χ3v) is 8.34. The number of alkyl halides is 1. The van der Waals surface area contributed by atoms with Crippen LogP contribution in [0.15, 0.2) is 60.7 Å². The molecule has 2 aromatic carbocycles. The molecule has 1 aliphatic rings. The van der Waals surface area contributed by atoms with E-state index in [1.165, 1.54) is 0 Å². The van der Waals surface area contributed by atoms with Crippen molar-refractivity contribution in [1.82, 2.24) is 20.0 Å². The van der Waals surface area contributed by atoms with Gasteiger partial charge in [-0.15, -0.1) is 11.6 Å². The van der Waals surface area contributed by atoms with Crippen molar-refractivity contribution in [2.75, 3.05) is 19.0 Å². The average molecular weight is 699 g/mol. The van der Waals surface area contributed by atoms with Gasteiger partial charge in [0.2, 0.25) is 11.8 Å². The minimum atomic E-state index is -1.01. The van der Waals surface area contributed by atoms with E-state index in [2.05, 4.69) is 5.32 Å². The van der Waals surface area contributed by atoms with E-state index >= 15 is 0 Å². The van der Waals surface area contributed by atoms with Crippen molar-refractivity contribution < 1.29 is 28.7 Å². The molecule has 0 spiro atoms. The monoisotopic (exact) mass is 698 g/mol. The Morgan fingerprint density at radius 1 is 0.898 bits per heavy atom. The zero-order valence-corrected chi connectivity index (χ0v) is 31.3. The first-order chi connectivity index (χ1) is 22.9. The van der Waals surface area contributed by atoms with Gasteiger partial charge in [-0.3, -0.25) is 14.5 Å². The normalized spacial score (nSPS) is 18.1. The van der Waals surface area contributed by atoms with Gasteiger partial charge in [0, 0.05) is 32.1 Å². The van der Waals surface area contributed by atoms with E-state index in [0.717, 1.165) is 11.1 Å². The Bertz CT molecular complexity index is 1390. The Labute approximate surface area is 297 Å². The van der Waals surface area contributed by atoms with Gasteiger partial charge in [-0.1, -0.05) is 81.4 Å². The molecule has 49 heavy (non-hydrogen) atoms. The Hall–Kier alpha value is -3.79. The number of alkyl carbamates (subject to hydrolysis) is 1. The van der Waals surface area contributed by atoms with Gasteiger partial charge in [0.1, 0.15) is 23.3 Å². The summed E-state index contributed by atoms with van der Waals surface area (Å²) in [6, 6.07) is 17.0. The van der Waals surface area contributed by atoms with Gasteiger partial charge in [0.05, 0.1) is 6.04 Å². The molecule has 1 heterocycles. The van der Waals surface area contributed by atoms with Gasteiger partial charge >= 0.3 is 12.2 Å². The van der Waals surface area contributed by atoms with Gasteiger partial charge in [-0.25, -0.2) is 9.59 Å². The highest BCUT2D eigenvalue weighted by molar-refractivity contribution is 6.18. The summed E-state index contributed by atoms with van der Waals surface area (Å²) in [5.74, 6) is -1.00. The Morgan fingerprint density at radius 2 is 1.45 bits per heavy atom. The molecule has 10 nitrogen and oxygen atoms in total. The van der Waals surface area contributed by atoms with Crippen molar-refractivity contribution in [2.24, 2.45) is 11.8 Å². The molecular weight excluding hydrogens is 644 g/mol. The van der Waals surface area contributed by atoms with Crippen molar-refractivity contribution in [3.05, 3.63) is 71.8 Å². The molecule has 0 saturated carbocycles. The van der Waals surface area contributed by atoms with E-state index in [0.29, 0.717) is 13.1 Å². The summed E-state index contributed by atoms with van der Waals surface area (Å²) in [4.78, 5) is 60.6. The van der Waals surface area contributed by atoms with Crippen molar-refractivity contribution in [3.8, 4) is 0 Å². The standard InChI is InChI=1S/C38H55ClN4O6/c1-26(2)32-34(45)42(24-29-18-14-11-15-19-29)25-30(43(32)36(47)49-38(7,8)9)22-27(3)31(40-35(46)48-37(4,5)6)33(44)41(21-20-39)23-28-16-12-10-13-17-28/h10-19,26-27,30-32H,20-25H2,1-9H3,(H,40,46)/t27?,30?,31-,32-/m1/s1. The summed E-state index contributed by atoms with van der Waals surface area (Å²) in [5, 5.41) is 2.85. The minimum absolute atomic E-state index is 0.163. The molecule has 4 atom stereocenters. The molecule has 1 fully saturated rings. The number of hydrogen-bond donors (Lipinski definition) is 1. The summed E-state index contributed by atoms with van der Waals surface area (Å²) >= 11 is 6.19. The van der Waals surface area contributed by atoms with Crippen LogP contribution in [0.25, 0.3) is 0 Å². The number of carbonyl (C=O) groups excluding carboxylic acids is 4. The Morgan fingerprint density at radius 3 is 1.96 bits per heavy atom. The van der Waals surface area contributed by atoms with Crippen LogP contribution in [0.3, 0.4) is 0 Å². The van der Waals surface area contributed by atoms with E-state index in [-0.39, 0.29) is 43.1 Å². The van der Waals surface area contributed by atoms with Crippen LogP contribution in [0.2, 0.25) is 0 Å². The molecule has 0 aliphatic carbocycles. The highest BCUT2D eigenvalue weighted by Crippen LogP contribution is 2.31. The molecule has 2 aromatic rings. The summed E-state index contributed by atoms with van der Waals surface area (Å²) in [6.45, 7) is 17.5. The minimum Gasteiger partial charge on any atom is -0.444 e. The summed E-state index contributed by atoms with van der Waals surface area (Å²) in [6.07, 6.45) is -1.03. The van der Waals surface area contributed by atoms with Gasteiger partial charge < -0.3 is 24.6 Å². The number of benzene rings is 2. The Balaban J connectivity index is 2.03. The largest absolute Gasteiger partial charge is 0.444 e. The topological polar surface area (TPSA) is 108 Å². The molecular formula is C38H55ClN4O6. The molecule has 3 rings (SSSR count). The summed E-state index contributed by atoms with van der Waals surface area (Å²) in [5.41, 5.74) is 0.298. The van der Waals surface area contributed by atoms with E-state index < -0.39 is 47.4 Å². The third kappa shape index (κ3) is 11.9. The highest BCUT2D eigenvalue weighted by atomic mass is 35.5. The molecule has 270 valence electrons. The van der Waals surface area contributed by atoms with Crippen LogP contribution in [0.4, 0.5) is 9.59 Å². The predicted octanol–water partition coefficient (Wildman–Crippen LogP) is 6.85. The average Bonchev–Trinajstić information content (AvgIpc) is 2.99. The zero-order valence-electron chi connectivity index (χ0n) is 30.6. The highest BCUT2D eigenvalue weighted by Gasteiger charge is 2.47. The lowest BCUT2D eigenvalue weighted by Gasteiger charge is -2.48. The molecule has 1 N–H and O–H groups in total. The predicted molar refractivity (Wildman–Crippen MR) is 192 cm³/mol. The molecule has 2 unspecified atom stereocenters. The number of ether oxygens (including phenoxy) is 2. The summed E-state index contributed by atoms with van der Waals surface area (Å²) in [7, 11) is 0. The fourth-order valence-corrected chi connectivity index (χ4v) is 6.30. The van der Waals surface area contributed by atoms with Gasteiger partial charge in [0.15, 0.2) is 0 Å². The number of nitrogens with zero attached hydrogens (tertiary/aromatic N) is 3. The molecule has 11 heteroatoms. The molecule has 0 bridgehead atoms. The van der Waals surface area contributed by atoms with Gasteiger partial charge in [-0.05, 0) is 70.9 Å². The maximum absolute atomic E-state index is 14.4. The van der Waals surface area contributed by atoms with Crippen LogP contribution < -0.4 is 5.32 Å². The third-order valence-electron chi connectivity index (χ3n) is 8.17. The van der Waals surface area contributed by atoms with Gasteiger partial charge in [-0.2, -0.15) is 0 Å². The van der Waals surface area contributed by atoms with E-state index in [1.54, 1.807) is 56.2 Å². The first-order valence-electron chi connectivity index (χ1n) is 17.1. The second kappa shape index (κ2) is 17.2. The molecule has 0 aromatic heterocycles. The first-order valence-corrected chi connectivity index (χ1v) is 17.7. The van der Waals surface area contributed by atoms with E-state index in [4.69, 9.17) is 21.1 Å². The van der Waals surface area contributed by atoms with Crippen molar-refractivity contribution in [3.63, 3.8) is 0 Å². The van der Waals surface area contributed by atoms with Crippen LogP contribution >= 0.6 is 11.6 Å². The zero-order chi connectivity index (χ0) is 36.5. The second-order valence-electron chi connectivity index (χ2n) is 15.2. The molecule has 1 aliphatic heterocycles. The fraction of sp³-hybridized carbons (Fsp3) is 0.579. The number of halogens is 1. The van der Waals surface area contributed by atoms with Crippen LogP contribution in [-0.2, 0) is 32.2 Å². The fourth-order valence-electron chi connectivity index (χ4n) is 6.10. The quantitative estimate of drug-likeness (QED) is 0.243. The molecule has 4 amide bonds. The smallest absolute Gasteiger partial charge is 0.411 e. The first kappa shape index (κ1) is 39.6. The van der Waals surface area contributed by atoms with E-state index in [1.807, 2.05) is 81.4 Å². The van der Waals surface area contributed by atoms with Gasteiger partial charge in [0.25, 0.3) is 0 Å². The second-order valence-corrected chi connectivity index (χ2v) is 15.6. The maximum Gasteiger partial charge on any atom is 0.411 e. The van der Waals surface area contributed by atoms with Crippen LogP contribution in [-0.4, -0.2) is 87.0 Å². The molecule has 0 radical (unpaired) electrons. The Kier molecular flexibility index (Phi) is 13.9. The number of hydrogen-bond acceptors (Lipinski definition) is 6. The number of carbonyl (C=O) groups is 4. The summed E-state index contributed by atoms with van der Waals surface area (Å²) < 4.78 is 11.5. The lowest BCUT2D eigenvalue weighted by Crippen LogP contribution is -2.66. The number of rotatable bonds is 12. The van der Waals surface area contributed by atoms with Crippen LogP contribution in [0.5, 0.6) is 0 Å². The number of nitrogens with one attached hydrogen (secondary N) is 1. The molecule has 1 saturated heterocycles. The SMILES string of the molecule is CC(CC1CN(Cc2ccccc2)C(=O)[C@@H](C(C)C)N1C(=O)OC(C)(C)C)[C@@H](NC(=O)OC(C)(C)C)C(=O)N(CCCl)Cc1ccccc1. The van der Waals surface area contributed by atoms with Crippen LogP contribution in [0.1, 0.15) is 79.9 Å². The van der Waals surface area contributed by atoms with Crippen molar-refractivity contribution in [1.29, 1.82) is 0 Å². The van der Waals surface area contributed by atoms with E-state index in [9.17, 15) is 19.2 Å². The van der Waals surface area contributed by atoms with Crippen molar-refractivity contribution in [2.45, 2.75) is 111 Å². The lowest BCUT2D eigenvalue weighted by molar-refractivity contribution is -0.149. The van der Waals surface area contributed by atoms with Crippen LogP contribution in [0, 0.1) is 11.8 Å². The number of piperazine rings is 1. The lowest BCUT2D eigenvalue weighted by atomic mass is 9.87. The maximum atomic E-state index is 14.4. The van der Waals surface area contributed by atoms with Crippen molar-refractivity contribution >= 4 is 35.6 Å². The number of amides is 4.